The van der Waals surface area contributed by atoms with Crippen LogP contribution in [0.3, 0.4) is 0 Å². The third kappa shape index (κ3) is 4.25. The predicted octanol–water partition coefficient (Wildman–Crippen LogP) is 3.11. The van der Waals surface area contributed by atoms with E-state index in [0.717, 1.165) is 16.0 Å². The number of rotatable bonds is 6. The molecule has 2 aromatic carbocycles. The Labute approximate surface area is 175 Å². The molecule has 1 atom stereocenters. The maximum Gasteiger partial charge on any atom is 0.330 e. The minimum atomic E-state index is -1.12. The molecule has 2 aromatic rings. The van der Waals surface area contributed by atoms with Gasteiger partial charge in [0.1, 0.15) is 6.04 Å². The molecule has 0 spiro atoms. The number of anilines is 1. The SMILES string of the molecule is Cc1cc(C)cc(NC(=O)COC(=O)[C@@H](C(C)C)N2C(=O)c3ccccc3C2=O)c1. The zero-order valence-corrected chi connectivity index (χ0v) is 17.4. The number of nitrogens with one attached hydrogen (secondary N) is 1. The smallest absolute Gasteiger partial charge is 0.330 e. The van der Waals surface area contributed by atoms with Crippen LogP contribution in [0.15, 0.2) is 42.5 Å². The Hall–Kier alpha value is -3.48. The van der Waals surface area contributed by atoms with Crippen molar-refractivity contribution >= 4 is 29.4 Å². The molecule has 1 aliphatic rings. The number of nitrogens with zero attached hydrogens (tertiary/aromatic N) is 1. The largest absolute Gasteiger partial charge is 0.454 e. The second kappa shape index (κ2) is 8.49. The maximum atomic E-state index is 12.7. The second-order valence-corrected chi connectivity index (χ2v) is 7.75. The summed E-state index contributed by atoms with van der Waals surface area (Å²) in [6.07, 6.45) is 0. The van der Waals surface area contributed by atoms with Gasteiger partial charge in [-0.3, -0.25) is 19.3 Å². The number of hydrogen-bond acceptors (Lipinski definition) is 5. The van der Waals surface area contributed by atoms with Crippen LogP contribution in [0.1, 0.15) is 45.7 Å². The summed E-state index contributed by atoms with van der Waals surface area (Å²) in [6, 6.07) is 10.9. The molecule has 7 heteroatoms. The van der Waals surface area contributed by atoms with E-state index in [9.17, 15) is 19.2 Å². The Kier molecular flexibility index (Phi) is 6.01. The molecule has 3 rings (SSSR count). The lowest BCUT2D eigenvalue weighted by molar-refractivity contribution is -0.152. The summed E-state index contributed by atoms with van der Waals surface area (Å²) in [5.74, 6) is -2.76. The number of imide groups is 1. The summed E-state index contributed by atoms with van der Waals surface area (Å²) < 4.78 is 5.17. The van der Waals surface area contributed by atoms with Crippen molar-refractivity contribution in [3.8, 4) is 0 Å². The van der Waals surface area contributed by atoms with Crippen LogP contribution in [0.4, 0.5) is 5.69 Å². The number of aryl methyl sites for hydroxylation is 2. The second-order valence-electron chi connectivity index (χ2n) is 7.75. The molecule has 1 N–H and O–H groups in total. The van der Waals surface area contributed by atoms with Gasteiger partial charge in [0.25, 0.3) is 17.7 Å². The van der Waals surface area contributed by atoms with Gasteiger partial charge in [0.05, 0.1) is 11.1 Å². The van der Waals surface area contributed by atoms with Crippen LogP contribution >= 0.6 is 0 Å². The fourth-order valence-electron chi connectivity index (χ4n) is 3.60. The fraction of sp³-hybridized carbons (Fsp3) is 0.304. The van der Waals surface area contributed by atoms with Crippen molar-refractivity contribution in [1.29, 1.82) is 0 Å². The number of benzene rings is 2. The van der Waals surface area contributed by atoms with Crippen LogP contribution in [-0.2, 0) is 14.3 Å². The van der Waals surface area contributed by atoms with Crippen molar-refractivity contribution in [2.45, 2.75) is 33.7 Å². The van der Waals surface area contributed by atoms with Gasteiger partial charge in [-0.05, 0) is 55.2 Å². The molecule has 1 heterocycles. The van der Waals surface area contributed by atoms with Gasteiger partial charge in [-0.25, -0.2) is 4.79 Å². The molecule has 0 radical (unpaired) electrons. The molecule has 7 nitrogen and oxygen atoms in total. The first-order valence-electron chi connectivity index (χ1n) is 9.70. The lowest BCUT2D eigenvalue weighted by Crippen LogP contribution is -2.49. The summed E-state index contributed by atoms with van der Waals surface area (Å²) in [5.41, 5.74) is 3.11. The van der Waals surface area contributed by atoms with Crippen LogP contribution in [-0.4, -0.2) is 41.2 Å². The molecule has 0 aliphatic carbocycles. The summed E-state index contributed by atoms with van der Waals surface area (Å²) in [6.45, 7) is 6.74. The van der Waals surface area contributed by atoms with Gasteiger partial charge >= 0.3 is 5.97 Å². The van der Waals surface area contributed by atoms with Gasteiger partial charge in [-0.15, -0.1) is 0 Å². The molecular formula is C23H24N2O5. The lowest BCUT2D eigenvalue weighted by Gasteiger charge is -2.27. The van der Waals surface area contributed by atoms with Crippen LogP contribution in [0.5, 0.6) is 0 Å². The van der Waals surface area contributed by atoms with E-state index >= 15 is 0 Å². The predicted molar refractivity (Wildman–Crippen MR) is 111 cm³/mol. The summed E-state index contributed by atoms with van der Waals surface area (Å²) in [4.78, 5) is 51.3. The Morgan fingerprint density at radius 2 is 1.50 bits per heavy atom. The third-order valence-corrected chi connectivity index (χ3v) is 4.83. The minimum absolute atomic E-state index is 0.258. The molecule has 0 bridgehead atoms. The molecule has 0 fully saturated rings. The molecule has 0 saturated heterocycles. The Morgan fingerprint density at radius 3 is 2.00 bits per heavy atom. The summed E-state index contributed by atoms with van der Waals surface area (Å²) in [7, 11) is 0. The van der Waals surface area contributed by atoms with Crippen molar-refractivity contribution in [1.82, 2.24) is 4.90 Å². The molecule has 1 aliphatic heterocycles. The average molecular weight is 408 g/mol. The van der Waals surface area contributed by atoms with E-state index in [1.165, 1.54) is 0 Å². The maximum absolute atomic E-state index is 12.7. The van der Waals surface area contributed by atoms with Gasteiger partial charge in [-0.1, -0.05) is 32.0 Å². The van der Waals surface area contributed by atoms with Gasteiger partial charge in [-0.2, -0.15) is 0 Å². The van der Waals surface area contributed by atoms with Crippen molar-refractivity contribution in [2.75, 3.05) is 11.9 Å². The number of fused-ring (bicyclic) bond motifs is 1. The molecule has 0 unspecified atom stereocenters. The minimum Gasteiger partial charge on any atom is -0.454 e. The number of carbonyl (C=O) groups is 4. The normalized spacial score (nSPS) is 14.0. The van der Waals surface area contributed by atoms with Gasteiger partial charge in [0, 0.05) is 5.69 Å². The first kappa shape index (κ1) is 21.2. The summed E-state index contributed by atoms with van der Waals surface area (Å²) >= 11 is 0. The van der Waals surface area contributed by atoms with Crippen molar-refractivity contribution in [2.24, 2.45) is 5.92 Å². The molecule has 0 aromatic heterocycles. The van der Waals surface area contributed by atoms with E-state index in [0.29, 0.717) is 5.69 Å². The van der Waals surface area contributed by atoms with Crippen molar-refractivity contribution in [3.05, 3.63) is 64.7 Å². The summed E-state index contributed by atoms with van der Waals surface area (Å²) in [5, 5.41) is 2.68. The van der Waals surface area contributed by atoms with Gasteiger partial charge in [0.2, 0.25) is 0 Å². The monoisotopic (exact) mass is 408 g/mol. The van der Waals surface area contributed by atoms with E-state index in [-0.39, 0.29) is 17.0 Å². The highest BCUT2D eigenvalue weighted by Crippen LogP contribution is 2.27. The van der Waals surface area contributed by atoms with E-state index < -0.39 is 36.3 Å². The number of hydrogen-bond donors (Lipinski definition) is 1. The van der Waals surface area contributed by atoms with E-state index in [1.807, 2.05) is 32.0 Å². The molecule has 156 valence electrons. The first-order valence-corrected chi connectivity index (χ1v) is 9.70. The number of amides is 3. The van der Waals surface area contributed by atoms with E-state index in [4.69, 9.17) is 4.74 Å². The van der Waals surface area contributed by atoms with Gasteiger partial charge < -0.3 is 10.1 Å². The van der Waals surface area contributed by atoms with Crippen LogP contribution in [0.25, 0.3) is 0 Å². The Morgan fingerprint density at radius 1 is 0.967 bits per heavy atom. The quantitative estimate of drug-likeness (QED) is 0.586. The average Bonchev–Trinajstić information content (AvgIpc) is 2.91. The highest BCUT2D eigenvalue weighted by molar-refractivity contribution is 6.22. The number of ether oxygens (including phenoxy) is 1. The zero-order valence-electron chi connectivity index (χ0n) is 17.4. The van der Waals surface area contributed by atoms with E-state index in [1.54, 1.807) is 38.1 Å². The molecule has 0 saturated carbocycles. The molecule has 3 amide bonds. The van der Waals surface area contributed by atoms with Crippen LogP contribution in [0, 0.1) is 19.8 Å². The topological polar surface area (TPSA) is 92.8 Å². The zero-order chi connectivity index (χ0) is 22.0. The highest BCUT2D eigenvalue weighted by atomic mass is 16.5. The number of carbonyl (C=O) groups excluding carboxylic acids is 4. The van der Waals surface area contributed by atoms with Crippen molar-refractivity contribution < 1.29 is 23.9 Å². The molecular weight excluding hydrogens is 384 g/mol. The lowest BCUT2D eigenvalue weighted by atomic mass is 10.0. The van der Waals surface area contributed by atoms with E-state index in [2.05, 4.69) is 5.32 Å². The Balaban J connectivity index is 1.69. The first-order chi connectivity index (χ1) is 14.2. The van der Waals surface area contributed by atoms with Gasteiger partial charge in [0.15, 0.2) is 6.61 Å². The van der Waals surface area contributed by atoms with Crippen LogP contribution in [0.2, 0.25) is 0 Å². The third-order valence-electron chi connectivity index (χ3n) is 4.83. The highest BCUT2D eigenvalue weighted by Gasteiger charge is 2.44. The number of esters is 1. The van der Waals surface area contributed by atoms with Crippen molar-refractivity contribution in [3.63, 3.8) is 0 Å². The molecule has 30 heavy (non-hydrogen) atoms. The van der Waals surface area contributed by atoms with Crippen LogP contribution < -0.4 is 5.32 Å². The Bertz CT molecular complexity index is 973. The fourth-order valence-corrected chi connectivity index (χ4v) is 3.60. The standard InChI is InChI=1S/C23H24N2O5/c1-13(2)20(25-21(27)17-7-5-6-8-18(17)22(25)28)23(29)30-12-19(26)24-16-10-14(3)9-15(4)11-16/h5-11,13,20H,12H2,1-4H3,(H,24,26)/t20-/m1/s1.